The molecule has 1 saturated heterocycles. The molecule has 0 saturated carbocycles. The lowest BCUT2D eigenvalue weighted by Crippen LogP contribution is -2.49. The lowest BCUT2D eigenvalue weighted by molar-refractivity contribution is -0.122. The summed E-state index contributed by atoms with van der Waals surface area (Å²) < 4.78 is 26.6. The number of carbonyl (C=O) groups is 1. The number of likely N-dealkylation sites (tertiary alicyclic amines) is 1. The summed E-state index contributed by atoms with van der Waals surface area (Å²) in [5, 5.41) is 3.37. The number of rotatable bonds is 9. The van der Waals surface area contributed by atoms with Gasteiger partial charge in [-0.05, 0) is 68.1 Å². The second-order valence-electron chi connectivity index (χ2n) is 8.79. The summed E-state index contributed by atoms with van der Waals surface area (Å²) >= 11 is 6.14. The Labute approximate surface area is 203 Å². The number of piperidine rings is 1. The number of sulfonamides is 1. The number of hydrogen-bond acceptors (Lipinski definition) is 4. The minimum Gasteiger partial charge on any atom is -0.350 e. The molecule has 1 heterocycles. The lowest BCUT2D eigenvalue weighted by atomic mass is 10.1. The number of nitrogens with zero attached hydrogens (tertiary/aromatic N) is 2. The maximum absolute atomic E-state index is 13.1. The van der Waals surface area contributed by atoms with Crippen LogP contribution in [0.25, 0.3) is 0 Å². The normalized spacial score (nSPS) is 15.8. The van der Waals surface area contributed by atoms with Gasteiger partial charge in [0, 0.05) is 18.1 Å². The Balaban J connectivity index is 1.73. The largest absolute Gasteiger partial charge is 0.350 e. The van der Waals surface area contributed by atoms with Crippen LogP contribution in [0.3, 0.4) is 0 Å². The Morgan fingerprint density at radius 1 is 1.12 bits per heavy atom. The molecule has 1 atom stereocenters. The Bertz CT molecular complexity index is 1070. The van der Waals surface area contributed by atoms with Gasteiger partial charge in [-0.15, -0.1) is 0 Å². The lowest BCUT2D eigenvalue weighted by Gasteiger charge is -2.31. The molecule has 0 radical (unpaired) electrons. The summed E-state index contributed by atoms with van der Waals surface area (Å²) in [6.07, 6.45) is 5.25. The molecule has 1 fully saturated rings. The Morgan fingerprint density at radius 2 is 1.82 bits per heavy atom. The molecule has 0 unspecified atom stereocenters. The fraction of sp³-hybridized carbons (Fsp3) is 0.480. The van der Waals surface area contributed by atoms with Crippen LogP contribution < -0.4 is 9.62 Å². The maximum Gasteiger partial charge on any atom is 0.244 e. The van der Waals surface area contributed by atoms with Crippen LogP contribution in [0.1, 0.15) is 49.3 Å². The highest BCUT2D eigenvalue weighted by Gasteiger charge is 2.32. The van der Waals surface area contributed by atoms with Crippen LogP contribution in [0.2, 0.25) is 5.02 Å². The first-order chi connectivity index (χ1) is 15.7. The number of nitrogens with one attached hydrogen (secondary N) is 1. The molecule has 3 rings (SSSR count). The maximum atomic E-state index is 13.1. The van der Waals surface area contributed by atoms with E-state index in [0.717, 1.165) is 37.0 Å². The van der Waals surface area contributed by atoms with Crippen LogP contribution in [0, 0.1) is 6.92 Å². The predicted molar refractivity (Wildman–Crippen MR) is 135 cm³/mol. The van der Waals surface area contributed by atoms with Crippen LogP contribution in [0.5, 0.6) is 0 Å². The monoisotopic (exact) mass is 491 g/mol. The molecule has 0 aromatic heterocycles. The van der Waals surface area contributed by atoms with Crippen molar-refractivity contribution in [1.82, 2.24) is 10.2 Å². The van der Waals surface area contributed by atoms with Crippen molar-refractivity contribution in [2.24, 2.45) is 0 Å². The number of amides is 1. The Morgan fingerprint density at radius 3 is 2.48 bits per heavy atom. The second-order valence-corrected chi connectivity index (χ2v) is 11.1. The average molecular weight is 492 g/mol. The zero-order valence-electron chi connectivity index (χ0n) is 19.7. The van der Waals surface area contributed by atoms with Crippen molar-refractivity contribution in [3.63, 3.8) is 0 Å². The van der Waals surface area contributed by atoms with Gasteiger partial charge in [0.25, 0.3) is 0 Å². The number of halogens is 1. The molecule has 1 aliphatic heterocycles. The molecule has 0 spiro atoms. The Hall–Kier alpha value is -2.09. The van der Waals surface area contributed by atoms with Crippen molar-refractivity contribution in [1.29, 1.82) is 0 Å². The van der Waals surface area contributed by atoms with Gasteiger partial charge >= 0.3 is 0 Å². The zero-order valence-corrected chi connectivity index (χ0v) is 21.3. The van der Waals surface area contributed by atoms with Gasteiger partial charge in [0.15, 0.2) is 0 Å². The van der Waals surface area contributed by atoms with Gasteiger partial charge in [0.2, 0.25) is 15.9 Å². The summed E-state index contributed by atoms with van der Waals surface area (Å²) in [4.78, 5) is 15.6. The fourth-order valence-electron chi connectivity index (χ4n) is 4.38. The number of aryl methyl sites for hydroxylation is 1. The summed E-state index contributed by atoms with van der Waals surface area (Å²) in [5.74, 6) is -0.330. The molecular weight excluding hydrogens is 458 g/mol. The molecule has 6 nitrogen and oxygen atoms in total. The minimum absolute atomic E-state index is 0.330. The standard InChI is InChI=1S/C25H34ClN3O3S/c1-4-23(29(33(3,31)32)24-16-22(26)12-11-19(24)2)25(30)27-17-20-9-8-10-21(15-20)18-28-13-6-5-7-14-28/h8-12,15-16,23H,4-7,13-14,17-18H2,1-3H3,(H,27,30)/t23-/m1/s1. The third-order valence-electron chi connectivity index (χ3n) is 6.05. The van der Waals surface area contributed by atoms with Crippen molar-refractivity contribution >= 4 is 33.2 Å². The first-order valence-electron chi connectivity index (χ1n) is 11.5. The number of anilines is 1. The molecule has 1 aliphatic rings. The van der Waals surface area contributed by atoms with Crippen LogP contribution in [0.4, 0.5) is 5.69 Å². The average Bonchev–Trinajstić information content (AvgIpc) is 2.78. The van der Waals surface area contributed by atoms with Gasteiger partial charge in [0.1, 0.15) is 6.04 Å². The van der Waals surface area contributed by atoms with Crippen molar-refractivity contribution in [2.45, 2.75) is 58.7 Å². The van der Waals surface area contributed by atoms with E-state index >= 15 is 0 Å². The van der Waals surface area contributed by atoms with Gasteiger partial charge < -0.3 is 5.32 Å². The first kappa shape index (κ1) is 25.5. The van der Waals surface area contributed by atoms with Crippen molar-refractivity contribution < 1.29 is 13.2 Å². The topological polar surface area (TPSA) is 69.7 Å². The fourth-order valence-corrected chi connectivity index (χ4v) is 5.80. The van der Waals surface area contributed by atoms with E-state index in [-0.39, 0.29) is 5.91 Å². The van der Waals surface area contributed by atoms with E-state index in [0.29, 0.717) is 23.7 Å². The highest BCUT2D eigenvalue weighted by Crippen LogP contribution is 2.29. The zero-order chi connectivity index (χ0) is 24.0. The van der Waals surface area contributed by atoms with Gasteiger partial charge in [0.05, 0.1) is 11.9 Å². The summed E-state index contributed by atoms with van der Waals surface area (Å²) in [6.45, 7) is 7.13. The van der Waals surface area contributed by atoms with E-state index in [1.807, 2.05) is 26.0 Å². The molecule has 0 aliphatic carbocycles. The molecule has 1 N–H and O–H groups in total. The molecule has 180 valence electrons. The number of carbonyl (C=O) groups excluding carboxylic acids is 1. The van der Waals surface area contributed by atoms with Crippen molar-refractivity contribution in [3.8, 4) is 0 Å². The van der Waals surface area contributed by atoms with Gasteiger partial charge in [-0.25, -0.2) is 8.42 Å². The van der Waals surface area contributed by atoms with E-state index in [2.05, 4.69) is 22.3 Å². The molecule has 33 heavy (non-hydrogen) atoms. The molecule has 2 aromatic carbocycles. The number of benzene rings is 2. The quantitative estimate of drug-likeness (QED) is 0.561. The molecule has 2 aromatic rings. The van der Waals surface area contributed by atoms with Crippen LogP contribution in [-0.2, 0) is 27.9 Å². The van der Waals surface area contributed by atoms with Gasteiger partial charge in [-0.3, -0.25) is 14.0 Å². The Kier molecular flexibility index (Phi) is 8.79. The highest BCUT2D eigenvalue weighted by atomic mass is 35.5. The van der Waals surface area contributed by atoms with Crippen LogP contribution >= 0.6 is 11.6 Å². The van der Waals surface area contributed by atoms with E-state index < -0.39 is 16.1 Å². The van der Waals surface area contributed by atoms with Crippen LogP contribution in [0.15, 0.2) is 42.5 Å². The van der Waals surface area contributed by atoms with Crippen molar-refractivity contribution in [3.05, 3.63) is 64.2 Å². The van der Waals surface area contributed by atoms with E-state index in [9.17, 15) is 13.2 Å². The van der Waals surface area contributed by atoms with Crippen molar-refractivity contribution in [2.75, 3.05) is 23.7 Å². The minimum atomic E-state index is -3.71. The van der Waals surface area contributed by atoms with E-state index in [1.54, 1.807) is 18.2 Å². The SMILES string of the molecule is CC[C@H](C(=O)NCc1cccc(CN2CCCCC2)c1)N(c1cc(Cl)ccc1C)S(C)(=O)=O. The summed E-state index contributed by atoms with van der Waals surface area (Å²) in [5.41, 5.74) is 3.39. The van der Waals surface area contributed by atoms with Gasteiger partial charge in [-0.1, -0.05) is 55.3 Å². The molecule has 8 heteroatoms. The molecular formula is C25H34ClN3O3S. The van der Waals surface area contributed by atoms with Gasteiger partial charge in [-0.2, -0.15) is 0 Å². The number of hydrogen-bond donors (Lipinski definition) is 1. The third-order valence-corrected chi connectivity index (χ3v) is 7.45. The summed E-state index contributed by atoms with van der Waals surface area (Å²) in [6, 6.07) is 12.4. The molecule has 0 bridgehead atoms. The highest BCUT2D eigenvalue weighted by molar-refractivity contribution is 7.92. The first-order valence-corrected chi connectivity index (χ1v) is 13.7. The smallest absolute Gasteiger partial charge is 0.244 e. The third kappa shape index (κ3) is 6.95. The predicted octanol–water partition coefficient (Wildman–Crippen LogP) is 4.50. The van der Waals surface area contributed by atoms with Crippen LogP contribution in [-0.4, -0.2) is 44.6 Å². The second kappa shape index (κ2) is 11.4. The van der Waals surface area contributed by atoms with E-state index in [1.165, 1.54) is 29.1 Å². The molecule has 1 amide bonds. The van der Waals surface area contributed by atoms with E-state index in [4.69, 9.17) is 11.6 Å². The summed E-state index contributed by atoms with van der Waals surface area (Å²) in [7, 11) is -3.71.